The second-order valence-corrected chi connectivity index (χ2v) is 3.67. The molecule has 1 saturated heterocycles. The maximum Gasteiger partial charge on any atom is 0.0636 e. The third-order valence-electron chi connectivity index (χ3n) is 2.86. The zero-order valence-corrected chi connectivity index (χ0v) is 9.05. The van der Waals surface area contributed by atoms with Crippen molar-refractivity contribution >= 4 is 0 Å². The van der Waals surface area contributed by atoms with Crippen molar-refractivity contribution in [2.75, 3.05) is 33.4 Å². The SMILES string of the molecule is CCNC1CCOCC1N(C)CC. The van der Waals surface area contributed by atoms with Crippen molar-refractivity contribution in [2.45, 2.75) is 32.4 Å². The largest absolute Gasteiger partial charge is 0.380 e. The van der Waals surface area contributed by atoms with Gasteiger partial charge >= 0.3 is 0 Å². The summed E-state index contributed by atoms with van der Waals surface area (Å²) in [6.45, 7) is 8.29. The third-order valence-corrected chi connectivity index (χ3v) is 2.86. The summed E-state index contributed by atoms with van der Waals surface area (Å²) < 4.78 is 5.50. The highest BCUT2D eigenvalue weighted by atomic mass is 16.5. The molecule has 78 valence electrons. The number of hydrogen-bond acceptors (Lipinski definition) is 3. The van der Waals surface area contributed by atoms with Gasteiger partial charge in [-0.2, -0.15) is 0 Å². The highest BCUT2D eigenvalue weighted by Gasteiger charge is 2.27. The third kappa shape index (κ3) is 2.93. The Morgan fingerprint density at radius 1 is 1.46 bits per heavy atom. The molecule has 3 heteroatoms. The molecule has 1 aliphatic heterocycles. The number of likely N-dealkylation sites (N-methyl/N-ethyl adjacent to an activating group) is 2. The van der Waals surface area contributed by atoms with Crippen LogP contribution in [-0.4, -0.2) is 50.3 Å². The Hall–Kier alpha value is -0.120. The van der Waals surface area contributed by atoms with Crippen LogP contribution in [0.25, 0.3) is 0 Å². The second kappa shape index (κ2) is 5.58. The van der Waals surface area contributed by atoms with Gasteiger partial charge in [-0.05, 0) is 26.6 Å². The first-order valence-corrected chi connectivity index (χ1v) is 5.31. The van der Waals surface area contributed by atoms with Crippen LogP contribution < -0.4 is 5.32 Å². The van der Waals surface area contributed by atoms with Crippen molar-refractivity contribution in [3.8, 4) is 0 Å². The van der Waals surface area contributed by atoms with Gasteiger partial charge in [-0.1, -0.05) is 13.8 Å². The summed E-state index contributed by atoms with van der Waals surface area (Å²) in [6.07, 6.45) is 1.14. The summed E-state index contributed by atoms with van der Waals surface area (Å²) in [5.41, 5.74) is 0. The lowest BCUT2D eigenvalue weighted by Crippen LogP contribution is -2.54. The van der Waals surface area contributed by atoms with Crippen molar-refractivity contribution in [3.05, 3.63) is 0 Å². The fraction of sp³-hybridized carbons (Fsp3) is 1.00. The molecule has 1 rings (SSSR count). The van der Waals surface area contributed by atoms with E-state index < -0.39 is 0 Å². The highest BCUT2D eigenvalue weighted by molar-refractivity contribution is 4.85. The summed E-state index contributed by atoms with van der Waals surface area (Å²) in [5.74, 6) is 0. The van der Waals surface area contributed by atoms with Crippen LogP contribution in [0, 0.1) is 0 Å². The van der Waals surface area contributed by atoms with E-state index in [1.807, 2.05) is 0 Å². The summed E-state index contributed by atoms with van der Waals surface area (Å²) >= 11 is 0. The number of nitrogens with one attached hydrogen (secondary N) is 1. The molecular weight excluding hydrogens is 164 g/mol. The van der Waals surface area contributed by atoms with Gasteiger partial charge in [-0.25, -0.2) is 0 Å². The highest BCUT2D eigenvalue weighted by Crippen LogP contribution is 2.12. The Morgan fingerprint density at radius 2 is 2.23 bits per heavy atom. The Bertz CT molecular complexity index is 139. The van der Waals surface area contributed by atoms with E-state index in [0.717, 1.165) is 32.7 Å². The number of hydrogen-bond donors (Lipinski definition) is 1. The predicted octanol–water partition coefficient (Wildman–Crippen LogP) is 0.705. The van der Waals surface area contributed by atoms with Crippen LogP contribution in [0.15, 0.2) is 0 Å². The van der Waals surface area contributed by atoms with Gasteiger partial charge in [0.2, 0.25) is 0 Å². The average molecular weight is 186 g/mol. The van der Waals surface area contributed by atoms with Gasteiger partial charge in [0.25, 0.3) is 0 Å². The van der Waals surface area contributed by atoms with E-state index in [0.29, 0.717) is 12.1 Å². The average Bonchev–Trinajstić information content (AvgIpc) is 2.18. The molecule has 0 radical (unpaired) electrons. The normalized spacial score (nSPS) is 29.5. The molecule has 0 spiro atoms. The molecule has 3 nitrogen and oxygen atoms in total. The number of ether oxygens (including phenoxy) is 1. The summed E-state index contributed by atoms with van der Waals surface area (Å²) in [5, 5.41) is 3.53. The van der Waals surface area contributed by atoms with Gasteiger partial charge in [0.05, 0.1) is 6.61 Å². The fourth-order valence-electron chi connectivity index (χ4n) is 1.89. The van der Waals surface area contributed by atoms with E-state index in [2.05, 4.69) is 31.1 Å². The summed E-state index contributed by atoms with van der Waals surface area (Å²) in [6, 6.07) is 1.17. The quantitative estimate of drug-likeness (QED) is 0.699. The first-order chi connectivity index (χ1) is 6.29. The van der Waals surface area contributed by atoms with E-state index in [-0.39, 0.29) is 0 Å². The van der Waals surface area contributed by atoms with E-state index in [9.17, 15) is 0 Å². The van der Waals surface area contributed by atoms with Crippen LogP contribution in [0.4, 0.5) is 0 Å². The molecular formula is C10H22N2O. The zero-order chi connectivity index (χ0) is 9.68. The number of nitrogens with zero attached hydrogens (tertiary/aromatic N) is 1. The lowest BCUT2D eigenvalue weighted by atomic mass is 10.0. The Balaban J connectivity index is 2.45. The molecule has 1 aliphatic rings. The topological polar surface area (TPSA) is 24.5 Å². The Morgan fingerprint density at radius 3 is 2.85 bits per heavy atom. The minimum Gasteiger partial charge on any atom is -0.380 e. The first kappa shape index (κ1) is 11.0. The van der Waals surface area contributed by atoms with Gasteiger partial charge < -0.3 is 10.1 Å². The molecule has 1 fully saturated rings. The molecule has 0 bridgehead atoms. The standard InChI is InChI=1S/C10H22N2O/c1-4-11-9-6-7-13-8-10(9)12(3)5-2/h9-11H,4-8H2,1-3H3. The molecule has 0 aromatic heterocycles. The fourth-order valence-corrected chi connectivity index (χ4v) is 1.89. The van der Waals surface area contributed by atoms with Crippen LogP contribution in [-0.2, 0) is 4.74 Å². The summed E-state index contributed by atoms with van der Waals surface area (Å²) in [7, 11) is 2.17. The van der Waals surface area contributed by atoms with Crippen LogP contribution in [0.2, 0.25) is 0 Å². The van der Waals surface area contributed by atoms with Crippen molar-refractivity contribution in [3.63, 3.8) is 0 Å². The van der Waals surface area contributed by atoms with Gasteiger partial charge in [-0.3, -0.25) is 4.90 Å². The van der Waals surface area contributed by atoms with Gasteiger partial charge in [0.1, 0.15) is 0 Å². The minimum absolute atomic E-state index is 0.554. The molecule has 0 aliphatic carbocycles. The van der Waals surface area contributed by atoms with Crippen molar-refractivity contribution in [2.24, 2.45) is 0 Å². The van der Waals surface area contributed by atoms with Gasteiger partial charge in [-0.15, -0.1) is 0 Å². The molecule has 2 atom stereocenters. The maximum atomic E-state index is 5.50. The van der Waals surface area contributed by atoms with E-state index >= 15 is 0 Å². The molecule has 0 amide bonds. The van der Waals surface area contributed by atoms with Crippen LogP contribution >= 0.6 is 0 Å². The molecule has 0 saturated carbocycles. The van der Waals surface area contributed by atoms with E-state index in [4.69, 9.17) is 4.74 Å². The van der Waals surface area contributed by atoms with Crippen LogP contribution in [0.1, 0.15) is 20.3 Å². The molecule has 2 unspecified atom stereocenters. The molecule has 1 heterocycles. The van der Waals surface area contributed by atoms with Crippen molar-refractivity contribution in [1.82, 2.24) is 10.2 Å². The van der Waals surface area contributed by atoms with Gasteiger partial charge in [0.15, 0.2) is 0 Å². The first-order valence-electron chi connectivity index (χ1n) is 5.31. The zero-order valence-electron chi connectivity index (χ0n) is 9.05. The number of rotatable bonds is 4. The van der Waals surface area contributed by atoms with Crippen molar-refractivity contribution < 1.29 is 4.74 Å². The molecule has 13 heavy (non-hydrogen) atoms. The predicted molar refractivity (Wildman–Crippen MR) is 55.0 cm³/mol. The molecule has 0 aromatic carbocycles. The smallest absolute Gasteiger partial charge is 0.0636 e. The maximum absolute atomic E-state index is 5.50. The monoisotopic (exact) mass is 186 g/mol. The summed E-state index contributed by atoms with van der Waals surface area (Å²) in [4.78, 5) is 2.37. The van der Waals surface area contributed by atoms with Gasteiger partial charge in [0, 0.05) is 18.7 Å². The van der Waals surface area contributed by atoms with Crippen LogP contribution in [0.3, 0.4) is 0 Å². The van der Waals surface area contributed by atoms with E-state index in [1.165, 1.54) is 0 Å². The Kier molecular flexibility index (Phi) is 4.70. The van der Waals surface area contributed by atoms with Crippen LogP contribution in [0.5, 0.6) is 0 Å². The lowest BCUT2D eigenvalue weighted by Gasteiger charge is -2.37. The van der Waals surface area contributed by atoms with E-state index in [1.54, 1.807) is 0 Å². The minimum atomic E-state index is 0.554. The molecule has 0 aromatic rings. The lowest BCUT2D eigenvalue weighted by molar-refractivity contribution is 0.00819. The second-order valence-electron chi connectivity index (χ2n) is 3.67. The Labute approximate surface area is 81.4 Å². The molecule has 1 N–H and O–H groups in total. The van der Waals surface area contributed by atoms with Crippen molar-refractivity contribution in [1.29, 1.82) is 0 Å².